The van der Waals surface area contributed by atoms with Gasteiger partial charge in [-0.1, -0.05) is 0 Å². The Kier molecular flexibility index (Phi) is 5.00. The van der Waals surface area contributed by atoms with Crippen molar-refractivity contribution in [1.82, 2.24) is 4.98 Å². The van der Waals surface area contributed by atoms with E-state index in [1.807, 2.05) is 0 Å². The molecule has 8 nitrogen and oxygen atoms in total. The molecule has 0 bridgehead atoms. The Balaban J connectivity index is 1.80. The zero-order valence-corrected chi connectivity index (χ0v) is 17.8. The second kappa shape index (κ2) is 7.22. The molecule has 2 fully saturated rings. The van der Waals surface area contributed by atoms with E-state index in [1.165, 1.54) is 35.2 Å². The highest BCUT2D eigenvalue weighted by molar-refractivity contribution is 7.89. The van der Waals surface area contributed by atoms with Gasteiger partial charge >= 0.3 is 6.18 Å². The average molecular weight is 481 g/mol. The second-order valence-corrected chi connectivity index (χ2v) is 9.31. The molecule has 1 aromatic heterocycles. The van der Waals surface area contributed by atoms with Crippen LogP contribution in [0.3, 0.4) is 0 Å². The molecule has 166 valence electrons. The van der Waals surface area contributed by atoms with Gasteiger partial charge in [-0.05, 0) is 61.8 Å². The van der Waals surface area contributed by atoms with E-state index in [9.17, 15) is 26.4 Å². The molecular formula is C19H14F3N5O3S2. The van der Waals surface area contributed by atoms with Gasteiger partial charge in [0.15, 0.2) is 10.8 Å². The molecular weight excluding hydrogens is 467 g/mol. The average Bonchev–Trinajstić information content (AvgIpc) is 2.93. The van der Waals surface area contributed by atoms with E-state index in [-0.39, 0.29) is 15.7 Å². The SMILES string of the molecule is N#Cc1ncc(N2C(=O)C3(CCC3)N(c3ccc(S(N)(=O)=O)cc3)C2=S)cc1C(F)(F)F. The lowest BCUT2D eigenvalue weighted by Gasteiger charge is -2.43. The van der Waals surface area contributed by atoms with Gasteiger partial charge in [0.2, 0.25) is 10.0 Å². The molecule has 2 N–H and O–H groups in total. The predicted molar refractivity (Wildman–Crippen MR) is 111 cm³/mol. The van der Waals surface area contributed by atoms with Crippen LogP contribution in [0, 0.1) is 11.3 Å². The smallest absolute Gasteiger partial charge is 0.303 e. The topological polar surface area (TPSA) is 120 Å². The lowest BCUT2D eigenvalue weighted by molar-refractivity contribution is -0.138. The summed E-state index contributed by atoms with van der Waals surface area (Å²) in [5.41, 5.74) is -2.98. The van der Waals surface area contributed by atoms with Crippen molar-refractivity contribution in [1.29, 1.82) is 5.26 Å². The van der Waals surface area contributed by atoms with Crippen LogP contribution in [0.25, 0.3) is 0 Å². The monoisotopic (exact) mass is 481 g/mol. The van der Waals surface area contributed by atoms with Crippen molar-refractivity contribution in [2.24, 2.45) is 5.14 Å². The molecule has 0 unspecified atom stereocenters. The number of pyridine rings is 1. The van der Waals surface area contributed by atoms with Crippen LogP contribution in [-0.4, -0.2) is 30.0 Å². The van der Waals surface area contributed by atoms with Gasteiger partial charge in [-0.15, -0.1) is 0 Å². The number of amides is 1. The lowest BCUT2D eigenvalue weighted by Crippen LogP contribution is -2.55. The van der Waals surface area contributed by atoms with Crippen LogP contribution in [-0.2, 0) is 21.0 Å². The minimum absolute atomic E-state index is 0.0716. The number of primary sulfonamides is 1. The van der Waals surface area contributed by atoms with Crippen molar-refractivity contribution in [3.63, 3.8) is 0 Å². The summed E-state index contributed by atoms with van der Waals surface area (Å²) in [6.45, 7) is 0. The fourth-order valence-corrected chi connectivity index (χ4v) is 4.86. The molecule has 1 spiro atoms. The van der Waals surface area contributed by atoms with Gasteiger partial charge < -0.3 is 4.90 Å². The highest BCUT2D eigenvalue weighted by Gasteiger charge is 2.59. The highest BCUT2D eigenvalue weighted by atomic mass is 32.2. The number of sulfonamides is 1. The van der Waals surface area contributed by atoms with Crippen LogP contribution < -0.4 is 14.9 Å². The molecule has 1 saturated carbocycles. The van der Waals surface area contributed by atoms with E-state index in [2.05, 4.69) is 4.98 Å². The van der Waals surface area contributed by atoms with Crippen molar-refractivity contribution in [3.05, 3.63) is 47.8 Å². The van der Waals surface area contributed by atoms with Crippen molar-refractivity contribution in [3.8, 4) is 6.07 Å². The molecule has 2 heterocycles. The molecule has 2 aliphatic rings. The van der Waals surface area contributed by atoms with E-state index in [0.717, 1.165) is 11.1 Å². The molecule has 4 rings (SSSR count). The maximum absolute atomic E-state index is 13.4. The first kappa shape index (κ1) is 22.1. The zero-order chi connectivity index (χ0) is 23.5. The highest BCUT2D eigenvalue weighted by Crippen LogP contribution is 2.48. The summed E-state index contributed by atoms with van der Waals surface area (Å²) in [5, 5.41) is 14.0. The van der Waals surface area contributed by atoms with Crippen LogP contribution in [0.1, 0.15) is 30.5 Å². The largest absolute Gasteiger partial charge is 0.419 e. The third-order valence-corrected chi connectivity index (χ3v) is 6.85. The number of carbonyl (C=O) groups is 1. The summed E-state index contributed by atoms with van der Waals surface area (Å²) in [6.07, 6.45) is -2.33. The first-order valence-electron chi connectivity index (χ1n) is 9.19. The summed E-state index contributed by atoms with van der Waals surface area (Å²) in [6, 6.07) is 7.46. The zero-order valence-electron chi connectivity index (χ0n) is 16.1. The molecule has 2 aromatic rings. The van der Waals surface area contributed by atoms with Gasteiger partial charge in [0.25, 0.3) is 5.91 Å². The fraction of sp³-hybridized carbons (Fsp3) is 0.263. The summed E-state index contributed by atoms with van der Waals surface area (Å²) in [4.78, 5) is 19.3. The van der Waals surface area contributed by atoms with Gasteiger partial charge in [0.05, 0.1) is 22.3 Å². The number of halogens is 3. The number of nitrogens with two attached hydrogens (primary N) is 1. The normalized spacial score (nSPS) is 18.1. The predicted octanol–water partition coefficient (Wildman–Crippen LogP) is 2.68. The van der Waals surface area contributed by atoms with E-state index in [4.69, 9.17) is 22.6 Å². The molecule has 0 radical (unpaired) electrons. The molecule has 1 aromatic carbocycles. The van der Waals surface area contributed by atoms with Gasteiger partial charge in [-0.2, -0.15) is 18.4 Å². The number of anilines is 2. The van der Waals surface area contributed by atoms with Crippen molar-refractivity contribution in [2.45, 2.75) is 35.9 Å². The first-order valence-corrected chi connectivity index (χ1v) is 11.1. The number of nitriles is 1. The quantitative estimate of drug-likeness (QED) is 0.669. The first-order chi connectivity index (χ1) is 14.9. The van der Waals surface area contributed by atoms with Crippen molar-refractivity contribution in [2.75, 3.05) is 9.80 Å². The number of aromatic nitrogens is 1. The van der Waals surface area contributed by atoms with Crippen LogP contribution in [0.5, 0.6) is 0 Å². The summed E-state index contributed by atoms with van der Waals surface area (Å²) < 4.78 is 63.3. The van der Waals surface area contributed by atoms with Crippen molar-refractivity contribution < 1.29 is 26.4 Å². The third kappa shape index (κ3) is 3.31. The Morgan fingerprint density at radius 3 is 2.28 bits per heavy atom. The maximum atomic E-state index is 13.4. The van der Waals surface area contributed by atoms with Crippen molar-refractivity contribution >= 4 is 44.6 Å². The molecule has 1 saturated heterocycles. The Labute approximate surface area is 186 Å². The fourth-order valence-electron chi connectivity index (χ4n) is 3.87. The Morgan fingerprint density at radius 1 is 1.19 bits per heavy atom. The number of nitrogens with zero attached hydrogens (tertiary/aromatic N) is 4. The number of alkyl halides is 3. The summed E-state index contributed by atoms with van der Waals surface area (Å²) >= 11 is 5.47. The third-order valence-electron chi connectivity index (χ3n) is 5.56. The van der Waals surface area contributed by atoms with Gasteiger partial charge in [-0.3, -0.25) is 9.69 Å². The van der Waals surface area contributed by atoms with Gasteiger partial charge in [-0.25, -0.2) is 18.5 Å². The number of hydrogen-bond donors (Lipinski definition) is 1. The number of rotatable bonds is 3. The Morgan fingerprint density at radius 2 is 1.81 bits per heavy atom. The lowest BCUT2D eigenvalue weighted by atomic mass is 9.75. The van der Waals surface area contributed by atoms with Gasteiger partial charge in [0, 0.05) is 5.69 Å². The number of carbonyl (C=O) groups excluding carboxylic acids is 1. The Bertz CT molecular complexity index is 1280. The van der Waals surface area contributed by atoms with E-state index >= 15 is 0 Å². The number of benzene rings is 1. The van der Waals surface area contributed by atoms with E-state index in [0.29, 0.717) is 31.0 Å². The molecule has 1 aliphatic heterocycles. The number of thiocarbonyl (C=S) groups is 1. The molecule has 13 heteroatoms. The molecule has 1 aliphatic carbocycles. The van der Waals surface area contributed by atoms with E-state index < -0.39 is 38.9 Å². The second-order valence-electron chi connectivity index (χ2n) is 7.38. The standard InChI is InChI=1S/C19H14F3N5O3S2/c20-19(21,22)14-8-12(10-25-15(14)9-23)26-16(28)18(6-1-7-18)27(17(26)31)11-2-4-13(5-3-11)32(24,29)30/h2-5,8,10H,1,6-7H2,(H2,24,29,30). The molecule has 0 atom stereocenters. The maximum Gasteiger partial charge on any atom is 0.419 e. The molecule has 1 amide bonds. The van der Waals surface area contributed by atoms with Crippen LogP contribution in [0.15, 0.2) is 41.4 Å². The van der Waals surface area contributed by atoms with Crippen LogP contribution in [0.4, 0.5) is 24.5 Å². The van der Waals surface area contributed by atoms with Crippen LogP contribution >= 0.6 is 12.2 Å². The number of hydrogen-bond acceptors (Lipinski definition) is 6. The minimum atomic E-state index is -4.85. The molecule has 32 heavy (non-hydrogen) atoms. The van der Waals surface area contributed by atoms with Gasteiger partial charge in [0.1, 0.15) is 11.6 Å². The Hall–Kier alpha value is -3.08. The summed E-state index contributed by atoms with van der Waals surface area (Å²) in [7, 11) is -3.94. The van der Waals surface area contributed by atoms with Crippen LogP contribution in [0.2, 0.25) is 0 Å². The minimum Gasteiger partial charge on any atom is -0.303 e. The van der Waals surface area contributed by atoms with E-state index in [1.54, 1.807) is 0 Å². The summed E-state index contributed by atoms with van der Waals surface area (Å²) in [5.74, 6) is -0.510.